The number of amides is 2. The summed E-state index contributed by atoms with van der Waals surface area (Å²) in [6, 6.07) is 13.7. The Bertz CT molecular complexity index is 1230. The molecule has 2 aromatic carbocycles. The highest BCUT2D eigenvalue weighted by molar-refractivity contribution is 6.02. The molecule has 0 radical (unpaired) electrons. The van der Waals surface area contributed by atoms with Crippen LogP contribution >= 0.6 is 0 Å². The molecule has 32 heavy (non-hydrogen) atoms. The minimum absolute atomic E-state index is 0. The molecule has 2 heterocycles. The molecule has 0 atom stereocenters. The number of ether oxygens (including phenoxy) is 2. The highest BCUT2D eigenvalue weighted by Crippen LogP contribution is 2.51. The summed E-state index contributed by atoms with van der Waals surface area (Å²) in [5.74, 6) is 1.37. The molecular formula is C25H31N3O4. The number of benzene rings is 2. The molecule has 1 aromatic heterocycles. The second-order valence-electron chi connectivity index (χ2n) is 9.38. The average Bonchev–Trinajstić information content (AvgIpc) is 3.24. The molecule has 7 heteroatoms. The van der Waals surface area contributed by atoms with Gasteiger partial charge in [-0.05, 0) is 54.8 Å². The summed E-state index contributed by atoms with van der Waals surface area (Å²) in [7, 11) is 0. The van der Waals surface area contributed by atoms with Crippen LogP contribution in [0.1, 0.15) is 47.7 Å². The first kappa shape index (κ1) is 20.4. The Morgan fingerprint density at radius 2 is 1.88 bits per heavy atom. The lowest BCUT2D eigenvalue weighted by Crippen LogP contribution is -2.35. The Morgan fingerprint density at radius 3 is 2.62 bits per heavy atom. The fourth-order valence-corrected chi connectivity index (χ4v) is 4.23. The Balaban J connectivity index is 0.00000162. The summed E-state index contributed by atoms with van der Waals surface area (Å²) < 4.78 is 10.9. The monoisotopic (exact) mass is 437 g/mol. The van der Waals surface area contributed by atoms with Gasteiger partial charge in [-0.3, -0.25) is 9.59 Å². The van der Waals surface area contributed by atoms with Crippen LogP contribution in [0.5, 0.6) is 11.5 Å². The fraction of sp³-hybridized carbons (Fsp3) is 0.360. The standard InChI is InChI=1S/C25H27N3O4.2H2/c1-15(29)26-13-24(2,3)22-11-16-10-18(5-6-19(16)28-22)27-23(30)25(8-9-25)17-4-7-20-21(12-17)32-14-31-20;;/h4-7,10-12,28H,8-9,13-14H2,1-3H3,(H,26,29)(H,27,30);2*1H. The van der Waals surface area contributed by atoms with Gasteiger partial charge in [-0.2, -0.15) is 0 Å². The molecule has 170 valence electrons. The van der Waals surface area contributed by atoms with Gasteiger partial charge in [0, 0.05) is 44.0 Å². The minimum atomic E-state index is -0.514. The van der Waals surface area contributed by atoms with Crippen molar-refractivity contribution in [3.8, 4) is 11.5 Å². The molecular weight excluding hydrogens is 406 g/mol. The lowest BCUT2D eigenvalue weighted by Gasteiger charge is -2.23. The molecule has 1 saturated carbocycles. The van der Waals surface area contributed by atoms with E-state index in [0.717, 1.165) is 46.4 Å². The molecule has 7 nitrogen and oxygen atoms in total. The van der Waals surface area contributed by atoms with Crippen LogP contribution in [0.2, 0.25) is 0 Å². The van der Waals surface area contributed by atoms with E-state index in [4.69, 9.17) is 9.47 Å². The highest BCUT2D eigenvalue weighted by Gasteiger charge is 2.51. The molecule has 0 spiro atoms. The first-order valence-corrected chi connectivity index (χ1v) is 10.9. The van der Waals surface area contributed by atoms with Crippen molar-refractivity contribution < 1.29 is 21.9 Å². The minimum Gasteiger partial charge on any atom is -0.454 e. The van der Waals surface area contributed by atoms with Crippen LogP contribution in [-0.4, -0.2) is 30.1 Å². The molecule has 2 amide bonds. The molecule has 1 fully saturated rings. The van der Waals surface area contributed by atoms with Gasteiger partial charge >= 0.3 is 0 Å². The maximum atomic E-state index is 13.2. The second-order valence-corrected chi connectivity index (χ2v) is 9.38. The number of aromatic nitrogens is 1. The van der Waals surface area contributed by atoms with Crippen LogP contribution < -0.4 is 20.1 Å². The Labute approximate surface area is 189 Å². The largest absolute Gasteiger partial charge is 0.454 e. The van der Waals surface area contributed by atoms with Gasteiger partial charge in [0.1, 0.15) is 0 Å². The van der Waals surface area contributed by atoms with E-state index < -0.39 is 5.41 Å². The number of aromatic amines is 1. The van der Waals surface area contributed by atoms with Crippen molar-refractivity contribution in [2.24, 2.45) is 0 Å². The van der Waals surface area contributed by atoms with Crippen molar-refractivity contribution in [1.82, 2.24) is 10.3 Å². The van der Waals surface area contributed by atoms with Crippen LogP contribution in [0.3, 0.4) is 0 Å². The van der Waals surface area contributed by atoms with Gasteiger partial charge in [-0.25, -0.2) is 0 Å². The Kier molecular flexibility index (Phi) is 4.65. The van der Waals surface area contributed by atoms with E-state index in [1.165, 1.54) is 6.92 Å². The average molecular weight is 438 g/mol. The predicted octanol–water partition coefficient (Wildman–Crippen LogP) is 4.47. The molecule has 5 rings (SSSR count). The van der Waals surface area contributed by atoms with E-state index in [9.17, 15) is 9.59 Å². The summed E-state index contributed by atoms with van der Waals surface area (Å²) >= 11 is 0. The zero-order valence-corrected chi connectivity index (χ0v) is 18.5. The summed E-state index contributed by atoms with van der Waals surface area (Å²) in [5.41, 5.74) is 2.99. The summed E-state index contributed by atoms with van der Waals surface area (Å²) in [4.78, 5) is 28.0. The van der Waals surface area contributed by atoms with E-state index >= 15 is 0 Å². The molecule has 0 saturated heterocycles. The number of H-pyrrole nitrogens is 1. The third kappa shape index (κ3) is 3.57. The van der Waals surface area contributed by atoms with Gasteiger partial charge in [-0.15, -0.1) is 0 Å². The number of carbonyl (C=O) groups excluding carboxylic acids is 2. The lowest BCUT2D eigenvalue weighted by molar-refractivity contribution is -0.119. The van der Waals surface area contributed by atoms with Crippen molar-refractivity contribution in [2.45, 2.75) is 44.4 Å². The first-order chi connectivity index (χ1) is 15.3. The molecule has 3 N–H and O–H groups in total. The molecule has 3 aromatic rings. The summed E-state index contributed by atoms with van der Waals surface area (Å²) in [5, 5.41) is 7.01. The molecule has 1 aliphatic carbocycles. The maximum absolute atomic E-state index is 13.2. The zero-order chi connectivity index (χ0) is 22.5. The van der Waals surface area contributed by atoms with Crippen molar-refractivity contribution in [2.75, 3.05) is 18.7 Å². The van der Waals surface area contributed by atoms with E-state index in [0.29, 0.717) is 12.3 Å². The third-order valence-electron chi connectivity index (χ3n) is 6.50. The fourth-order valence-electron chi connectivity index (χ4n) is 4.23. The number of rotatable bonds is 6. The van der Waals surface area contributed by atoms with Crippen molar-refractivity contribution in [3.63, 3.8) is 0 Å². The van der Waals surface area contributed by atoms with Crippen LogP contribution in [0.4, 0.5) is 5.69 Å². The normalized spacial score (nSPS) is 16.1. The SMILES string of the molecule is CC(=O)NCC(C)(C)c1cc2cc(NC(=O)C3(c4ccc5c(c4)OCO5)CC3)ccc2[nH]1.[HH].[HH]. The van der Waals surface area contributed by atoms with Gasteiger partial charge < -0.3 is 25.1 Å². The quantitative estimate of drug-likeness (QED) is 0.530. The molecule has 2 aliphatic rings. The zero-order valence-electron chi connectivity index (χ0n) is 18.5. The number of hydrogen-bond acceptors (Lipinski definition) is 4. The first-order valence-electron chi connectivity index (χ1n) is 10.9. The van der Waals surface area contributed by atoms with Gasteiger partial charge in [0.25, 0.3) is 0 Å². The summed E-state index contributed by atoms with van der Waals surface area (Å²) in [6.45, 7) is 6.44. The lowest BCUT2D eigenvalue weighted by atomic mass is 9.89. The van der Waals surface area contributed by atoms with Crippen molar-refractivity contribution in [1.29, 1.82) is 0 Å². The van der Waals surface area contributed by atoms with Crippen LogP contribution in [0.15, 0.2) is 42.5 Å². The predicted molar refractivity (Wildman–Crippen MR) is 126 cm³/mol. The van der Waals surface area contributed by atoms with Gasteiger partial charge in [-0.1, -0.05) is 19.9 Å². The topological polar surface area (TPSA) is 92.5 Å². The van der Waals surface area contributed by atoms with E-state index in [2.05, 4.69) is 35.5 Å². The van der Waals surface area contributed by atoms with Crippen LogP contribution in [0.25, 0.3) is 10.9 Å². The number of carbonyl (C=O) groups is 2. The van der Waals surface area contributed by atoms with Crippen molar-refractivity contribution in [3.05, 3.63) is 53.7 Å². The van der Waals surface area contributed by atoms with Crippen molar-refractivity contribution >= 4 is 28.4 Å². The third-order valence-corrected chi connectivity index (χ3v) is 6.50. The smallest absolute Gasteiger partial charge is 0.235 e. The second kappa shape index (κ2) is 7.29. The number of fused-ring (bicyclic) bond motifs is 2. The van der Waals surface area contributed by atoms with Gasteiger partial charge in [0.2, 0.25) is 18.6 Å². The summed E-state index contributed by atoms with van der Waals surface area (Å²) in [6.07, 6.45) is 1.62. The van der Waals surface area contributed by atoms with E-state index in [-0.39, 0.29) is 26.9 Å². The van der Waals surface area contributed by atoms with Gasteiger partial charge in [0.05, 0.1) is 5.41 Å². The Morgan fingerprint density at radius 1 is 1.09 bits per heavy atom. The number of anilines is 1. The number of nitrogens with one attached hydrogen (secondary N) is 3. The van der Waals surface area contributed by atoms with E-state index in [1.54, 1.807) is 0 Å². The van der Waals surface area contributed by atoms with Crippen LogP contribution in [-0.2, 0) is 20.4 Å². The highest BCUT2D eigenvalue weighted by atomic mass is 16.7. The molecule has 0 bridgehead atoms. The Hall–Kier alpha value is -3.48. The molecule has 0 unspecified atom stereocenters. The van der Waals surface area contributed by atoms with Crippen LogP contribution in [0, 0.1) is 0 Å². The number of hydrogen-bond donors (Lipinski definition) is 3. The van der Waals surface area contributed by atoms with E-state index in [1.807, 2.05) is 36.4 Å². The maximum Gasteiger partial charge on any atom is 0.235 e. The van der Waals surface area contributed by atoms with Gasteiger partial charge in [0.15, 0.2) is 11.5 Å². The molecule has 1 aliphatic heterocycles.